The Morgan fingerprint density at radius 3 is 2.37 bits per heavy atom. The standard InChI is InChI=1S/C16H28N2O/c1-6-13(5)11-18(7-2)15-8-14(17)9-16(10-15)19-12(3)4/h8-10,12-13H,6-7,11,17H2,1-5H3. The first-order chi connectivity index (χ1) is 8.96. The molecule has 0 amide bonds. The number of nitrogens with zero attached hydrogens (tertiary/aromatic N) is 1. The van der Waals surface area contributed by atoms with E-state index in [2.05, 4.69) is 31.7 Å². The monoisotopic (exact) mass is 264 g/mol. The lowest BCUT2D eigenvalue weighted by Gasteiger charge is -2.27. The molecule has 108 valence electrons. The van der Waals surface area contributed by atoms with Crippen LogP contribution in [-0.4, -0.2) is 19.2 Å². The number of nitrogens with two attached hydrogens (primary N) is 1. The lowest BCUT2D eigenvalue weighted by molar-refractivity contribution is 0.242. The van der Waals surface area contributed by atoms with Gasteiger partial charge in [0.25, 0.3) is 0 Å². The zero-order valence-corrected chi connectivity index (χ0v) is 12.9. The van der Waals surface area contributed by atoms with Crippen LogP contribution >= 0.6 is 0 Å². The summed E-state index contributed by atoms with van der Waals surface area (Å²) in [5, 5.41) is 0. The van der Waals surface area contributed by atoms with Crippen molar-refractivity contribution in [3.63, 3.8) is 0 Å². The first-order valence-electron chi connectivity index (χ1n) is 7.28. The fourth-order valence-electron chi connectivity index (χ4n) is 2.05. The van der Waals surface area contributed by atoms with E-state index in [0.717, 1.165) is 30.2 Å². The largest absolute Gasteiger partial charge is 0.491 e. The van der Waals surface area contributed by atoms with Gasteiger partial charge in [-0.3, -0.25) is 0 Å². The van der Waals surface area contributed by atoms with Crippen LogP contribution < -0.4 is 15.4 Å². The van der Waals surface area contributed by atoms with Crippen LogP contribution in [0, 0.1) is 5.92 Å². The molecule has 0 fully saturated rings. The van der Waals surface area contributed by atoms with Crippen LogP contribution in [0.1, 0.15) is 41.0 Å². The Bertz CT molecular complexity index is 390. The smallest absolute Gasteiger partial charge is 0.123 e. The molecule has 1 rings (SSSR count). The Labute approximate surface area is 117 Å². The van der Waals surface area contributed by atoms with Gasteiger partial charge in [-0.25, -0.2) is 0 Å². The normalized spacial score (nSPS) is 12.5. The topological polar surface area (TPSA) is 38.5 Å². The predicted molar refractivity (Wildman–Crippen MR) is 84.0 cm³/mol. The van der Waals surface area contributed by atoms with E-state index < -0.39 is 0 Å². The molecule has 0 aromatic heterocycles. The van der Waals surface area contributed by atoms with Crippen LogP contribution in [0.25, 0.3) is 0 Å². The summed E-state index contributed by atoms with van der Waals surface area (Å²) in [6, 6.07) is 6.00. The van der Waals surface area contributed by atoms with Crippen LogP contribution in [0.3, 0.4) is 0 Å². The highest BCUT2D eigenvalue weighted by Gasteiger charge is 2.11. The predicted octanol–water partition coefficient (Wildman–Crippen LogP) is 3.93. The summed E-state index contributed by atoms with van der Waals surface area (Å²) >= 11 is 0. The van der Waals surface area contributed by atoms with Gasteiger partial charge in [0.2, 0.25) is 0 Å². The number of anilines is 2. The average Bonchev–Trinajstić information content (AvgIpc) is 2.33. The number of rotatable bonds is 7. The second kappa shape index (κ2) is 7.27. The highest BCUT2D eigenvalue weighted by atomic mass is 16.5. The molecule has 1 atom stereocenters. The lowest BCUT2D eigenvalue weighted by atomic mass is 10.1. The number of hydrogen-bond donors (Lipinski definition) is 1. The molecule has 1 aromatic carbocycles. The van der Waals surface area contributed by atoms with Crippen molar-refractivity contribution in [2.75, 3.05) is 23.7 Å². The molecule has 0 saturated heterocycles. The first-order valence-corrected chi connectivity index (χ1v) is 7.28. The quantitative estimate of drug-likeness (QED) is 0.758. The van der Waals surface area contributed by atoms with Gasteiger partial charge in [-0.1, -0.05) is 20.3 Å². The average molecular weight is 264 g/mol. The number of ether oxygens (including phenoxy) is 1. The van der Waals surface area contributed by atoms with Crippen molar-refractivity contribution in [2.45, 2.75) is 47.1 Å². The number of nitrogen functional groups attached to an aromatic ring is 1. The summed E-state index contributed by atoms with van der Waals surface area (Å²) in [4.78, 5) is 2.36. The summed E-state index contributed by atoms with van der Waals surface area (Å²) in [5.74, 6) is 1.53. The fourth-order valence-corrected chi connectivity index (χ4v) is 2.05. The van der Waals surface area contributed by atoms with Crippen molar-refractivity contribution < 1.29 is 4.74 Å². The van der Waals surface area contributed by atoms with Gasteiger partial charge in [-0.15, -0.1) is 0 Å². The molecule has 3 nitrogen and oxygen atoms in total. The molecular formula is C16H28N2O. The van der Waals surface area contributed by atoms with Gasteiger partial charge in [0.1, 0.15) is 5.75 Å². The summed E-state index contributed by atoms with van der Waals surface area (Å²) in [6.07, 6.45) is 1.35. The van der Waals surface area contributed by atoms with E-state index in [0.29, 0.717) is 5.92 Å². The van der Waals surface area contributed by atoms with Crippen LogP contribution in [0.4, 0.5) is 11.4 Å². The van der Waals surface area contributed by atoms with Gasteiger partial charge < -0.3 is 15.4 Å². The Morgan fingerprint density at radius 2 is 1.84 bits per heavy atom. The van der Waals surface area contributed by atoms with Gasteiger partial charge in [-0.05, 0) is 32.8 Å². The second-order valence-corrected chi connectivity index (χ2v) is 5.48. The number of benzene rings is 1. The van der Waals surface area contributed by atoms with E-state index in [1.807, 2.05) is 26.0 Å². The lowest BCUT2D eigenvalue weighted by Crippen LogP contribution is -2.28. The maximum Gasteiger partial charge on any atom is 0.123 e. The highest BCUT2D eigenvalue weighted by Crippen LogP contribution is 2.27. The highest BCUT2D eigenvalue weighted by molar-refractivity contribution is 5.60. The zero-order valence-electron chi connectivity index (χ0n) is 12.9. The van der Waals surface area contributed by atoms with Crippen molar-refractivity contribution in [2.24, 2.45) is 5.92 Å². The van der Waals surface area contributed by atoms with Gasteiger partial charge in [0, 0.05) is 36.6 Å². The summed E-state index contributed by atoms with van der Waals surface area (Å²) in [7, 11) is 0. The third-order valence-electron chi connectivity index (χ3n) is 3.26. The van der Waals surface area contributed by atoms with Crippen LogP contribution in [0.2, 0.25) is 0 Å². The molecule has 0 saturated carbocycles. The summed E-state index contributed by atoms with van der Waals surface area (Å²) in [5.41, 5.74) is 7.90. The van der Waals surface area contributed by atoms with Gasteiger partial charge in [0.15, 0.2) is 0 Å². The van der Waals surface area contributed by atoms with E-state index in [9.17, 15) is 0 Å². The third kappa shape index (κ3) is 5.01. The molecule has 0 aliphatic rings. The Balaban J connectivity index is 2.93. The van der Waals surface area contributed by atoms with Crippen LogP contribution in [0.15, 0.2) is 18.2 Å². The maximum atomic E-state index is 5.98. The van der Waals surface area contributed by atoms with Crippen molar-refractivity contribution in [1.82, 2.24) is 0 Å². The first kappa shape index (κ1) is 15.7. The maximum absolute atomic E-state index is 5.98. The molecule has 0 spiro atoms. The van der Waals surface area contributed by atoms with E-state index in [4.69, 9.17) is 10.5 Å². The molecule has 1 unspecified atom stereocenters. The molecule has 0 heterocycles. The van der Waals surface area contributed by atoms with E-state index in [1.165, 1.54) is 6.42 Å². The molecule has 0 radical (unpaired) electrons. The van der Waals surface area contributed by atoms with Crippen molar-refractivity contribution >= 4 is 11.4 Å². The minimum Gasteiger partial charge on any atom is -0.491 e. The van der Waals surface area contributed by atoms with E-state index in [-0.39, 0.29) is 6.10 Å². The van der Waals surface area contributed by atoms with Gasteiger partial charge in [0.05, 0.1) is 6.10 Å². The van der Waals surface area contributed by atoms with Crippen LogP contribution in [0.5, 0.6) is 5.75 Å². The fraction of sp³-hybridized carbons (Fsp3) is 0.625. The number of hydrogen-bond acceptors (Lipinski definition) is 3. The van der Waals surface area contributed by atoms with Gasteiger partial charge in [-0.2, -0.15) is 0 Å². The SMILES string of the molecule is CCC(C)CN(CC)c1cc(N)cc(OC(C)C)c1. The Kier molecular flexibility index (Phi) is 6.00. The molecule has 2 N–H and O–H groups in total. The third-order valence-corrected chi connectivity index (χ3v) is 3.26. The Morgan fingerprint density at radius 1 is 1.16 bits per heavy atom. The minimum atomic E-state index is 0.166. The molecule has 1 aromatic rings. The van der Waals surface area contributed by atoms with Crippen molar-refractivity contribution in [1.29, 1.82) is 0 Å². The Hall–Kier alpha value is -1.38. The molecule has 0 aliphatic carbocycles. The molecular weight excluding hydrogens is 236 g/mol. The van der Waals surface area contributed by atoms with E-state index in [1.54, 1.807) is 0 Å². The second-order valence-electron chi connectivity index (χ2n) is 5.48. The summed E-state index contributed by atoms with van der Waals surface area (Å²) in [6.45, 7) is 12.8. The van der Waals surface area contributed by atoms with Crippen molar-refractivity contribution in [3.05, 3.63) is 18.2 Å². The minimum absolute atomic E-state index is 0.166. The molecule has 3 heteroatoms. The van der Waals surface area contributed by atoms with E-state index >= 15 is 0 Å². The zero-order chi connectivity index (χ0) is 14.4. The van der Waals surface area contributed by atoms with Crippen LogP contribution in [-0.2, 0) is 0 Å². The molecule has 19 heavy (non-hydrogen) atoms. The molecule has 0 aliphatic heterocycles. The van der Waals surface area contributed by atoms with Crippen molar-refractivity contribution in [3.8, 4) is 5.75 Å². The summed E-state index contributed by atoms with van der Waals surface area (Å²) < 4.78 is 5.75. The molecule has 0 bridgehead atoms. The van der Waals surface area contributed by atoms with Gasteiger partial charge >= 0.3 is 0 Å².